The Morgan fingerprint density at radius 2 is 2.05 bits per heavy atom. The minimum absolute atomic E-state index is 0.179. The minimum Gasteiger partial charge on any atom is -0.493 e. The smallest absolute Gasteiger partial charge is 0.127 e. The first-order valence-corrected chi connectivity index (χ1v) is 6.69. The molecule has 1 atom stereocenters. The van der Waals surface area contributed by atoms with Crippen molar-refractivity contribution in [3.05, 3.63) is 58.9 Å². The molecule has 3 nitrogen and oxygen atoms in total. The van der Waals surface area contributed by atoms with E-state index in [-0.39, 0.29) is 6.04 Å². The fourth-order valence-corrected chi connectivity index (χ4v) is 2.65. The SMILES string of the molecule is Cc1ncccc1C(N)c1cccc2c1OCCC2. The summed E-state index contributed by atoms with van der Waals surface area (Å²) >= 11 is 0. The summed E-state index contributed by atoms with van der Waals surface area (Å²) in [5.74, 6) is 0.976. The number of para-hydroxylation sites is 1. The quantitative estimate of drug-likeness (QED) is 0.896. The number of pyridine rings is 1. The molecule has 0 saturated carbocycles. The Bertz CT molecular complexity index is 595. The molecule has 0 saturated heterocycles. The van der Waals surface area contributed by atoms with Gasteiger partial charge in [-0.05, 0) is 37.0 Å². The molecule has 1 unspecified atom stereocenters. The molecule has 98 valence electrons. The first kappa shape index (κ1) is 12.2. The Labute approximate surface area is 113 Å². The third-order valence-corrected chi connectivity index (χ3v) is 3.68. The first-order chi connectivity index (χ1) is 9.27. The van der Waals surface area contributed by atoms with Crippen LogP contribution in [0.4, 0.5) is 0 Å². The number of ether oxygens (including phenoxy) is 1. The molecule has 2 N–H and O–H groups in total. The van der Waals surface area contributed by atoms with Crippen LogP contribution in [-0.2, 0) is 6.42 Å². The number of nitrogens with two attached hydrogens (primary N) is 1. The van der Waals surface area contributed by atoms with Crippen molar-refractivity contribution in [2.45, 2.75) is 25.8 Å². The van der Waals surface area contributed by atoms with Gasteiger partial charge in [-0.3, -0.25) is 4.98 Å². The molecular weight excluding hydrogens is 236 g/mol. The van der Waals surface area contributed by atoms with Crippen molar-refractivity contribution in [3.8, 4) is 5.75 Å². The molecule has 1 aromatic carbocycles. The Balaban J connectivity index is 2.05. The third-order valence-electron chi connectivity index (χ3n) is 3.68. The van der Waals surface area contributed by atoms with Crippen molar-refractivity contribution in [2.75, 3.05) is 6.61 Å². The molecule has 3 rings (SSSR count). The van der Waals surface area contributed by atoms with E-state index in [0.717, 1.165) is 42.0 Å². The highest BCUT2D eigenvalue weighted by Crippen LogP contribution is 2.34. The molecule has 0 radical (unpaired) electrons. The summed E-state index contributed by atoms with van der Waals surface area (Å²) in [5, 5.41) is 0. The van der Waals surface area contributed by atoms with Gasteiger partial charge in [-0.15, -0.1) is 0 Å². The van der Waals surface area contributed by atoms with Crippen LogP contribution in [0.5, 0.6) is 5.75 Å². The maximum atomic E-state index is 6.42. The van der Waals surface area contributed by atoms with E-state index in [1.165, 1.54) is 5.56 Å². The molecule has 1 aliphatic rings. The molecular formula is C16H18N2O. The van der Waals surface area contributed by atoms with Crippen molar-refractivity contribution in [2.24, 2.45) is 5.73 Å². The number of benzene rings is 1. The van der Waals surface area contributed by atoms with E-state index >= 15 is 0 Å². The van der Waals surface area contributed by atoms with Gasteiger partial charge in [-0.2, -0.15) is 0 Å². The topological polar surface area (TPSA) is 48.1 Å². The second kappa shape index (κ2) is 5.02. The summed E-state index contributed by atoms with van der Waals surface area (Å²) in [6.07, 6.45) is 3.95. The van der Waals surface area contributed by atoms with Crippen LogP contribution >= 0.6 is 0 Å². The summed E-state index contributed by atoms with van der Waals surface area (Å²) in [5.41, 5.74) is 10.8. The molecule has 2 heterocycles. The van der Waals surface area contributed by atoms with Gasteiger partial charge in [0.15, 0.2) is 0 Å². The molecule has 1 aromatic heterocycles. The van der Waals surface area contributed by atoms with Gasteiger partial charge in [0, 0.05) is 17.5 Å². The van der Waals surface area contributed by atoms with Crippen molar-refractivity contribution in [1.29, 1.82) is 0 Å². The Hall–Kier alpha value is -1.87. The zero-order valence-corrected chi connectivity index (χ0v) is 11.1. The van der Waals surface area contributed by atoms with Crippen LogP contribution in [0.3, 0.4) is 0 Å². The molecule has 3 heteroatoms. The van der Waals surface area contributed by atoms with E-state index in [9.17, 15) is 0 Å². The van der Waals surface area contributed by atoms with E-state index in [2.05, 4.69) is 23.2 Å². The van der Waals surface area contributed by atoms with Crippen molar-refractivity contribution >= 4 is 0 Å². The maximum absolute atomic E-state index is 6.42. The van der Waals surface area contributed by atoms with Gasteiger partial charge >= 0.3 is 0 Å². The third kappa shape index (κ3) is 2.22. The zero-order valence-electron chi connectivity index (χ0n) is 11.1. The lowest BCUT2D eigenvalue weighted by molar-refractivity contribution is 0.284. The minimum atomic E-state index is -0.179. The molecule has 0 bridgehead atoms. The van der Waals surface area contributed by atoms with Gasteiger partial charge < -0.3 is 10.5 Å². The standard InChI is InChI=1S/C16H18N2O/c1-11-13(8-3-9-18-11)15(17)14-7-2-5-12-6-4-10-19-16(12)14/h2-3,5,7-9,15H,4,6,10,17H2,1H3. The highest BCUT2D eigenvalue weighted by molar-refractivity contribution is 5.48. The first-order valence-electron chi connectivity index (χ1n) is 6.69. The van der Waals surface area contributed by atoms with Gasteiger partial charge in [0.25, 0.3) is 0 Å². The van der Waals surface area contributed by atoms with E-state index < -0.39 is 0 Å². The normalized spacial score (nSPS) is 15.5. The fourth-order valence-electron chi connectivity index (χ4n) is 2.65. The maximum Gasteiger partial charge on any atom is 0.127 e. The lowest BCUT2D eigenvalue weighted by atomic mass is 9.94. The van der Waals surface area contributed by atoms with Gasteiger partial charge in [0.1, 0.15) is 5.75 Å². The van der Waals surface area contributed by atoms with Gasteiger partial charge in [-0.1, -0.05) is 24.3 Å². The molecule has 2 aromatic rings. The lowest BCUT2D eigenvalue weighted by Gasteiger charge is -2.24. The summed E-state index contributed by atoms with van der Waals surface area (Å²) in [7, 11) is 0. The Morgan fingerprint density at radius 3 is 2.89 bits per heavy atom. The molecule has 0 fully saturated rings. The highest BCUT2D eigenvalue weighted by atomic mass is 16.5. The highest BCUT2D eigenvalue weighted by Gasteiger charge is 2.20. The lowest BCUT2D eigenvalue weighted by Crippen LogP contribution is -2.18. The van der Waals surface area contributed by atoms with Crippen LogP contribution in [0, 0.1) is 6.92 Å². The van der Waals surface area contributed by atoms with E-state index in [1.807, 2.05) is 19.1 Å². The van der Waals surface area contributed by atoms with Crippen LogP contribution in [-0.4, -0.2) is 11.6 Å². The molecule has 0 amide bonds. The van der Waals surface area contributed by atoms with Crippen molar-refractivity contribution in [3.63, 3.8) is 0 Å². The van der Waals surface area contributed by atoms with Gasteiger partial charge in [0.2, 0.25) is 0 Å². The van der Waals surface area contributed by atoms with Crippen LogP contribution < -0.4 is 10.5 Å². The average Bonchev–Trinajstić information content (AvgIpc) is 2.46. The number of hydrogen-bond donors (Lipinski definition) is 1. The Morgan fingerprint density at radius 1 is 1.21 bits per heavy atom. The predicted molar refractivity (Wildman–Crippen MR) is 75.3 cm³/mol. The summed E-state index contributed by atoms with van der Waals surface area (Å²) in [4.78, 5) is 4.32. The Kier molecular flexibility index (Phi) is 3.22. The molecule has 0 spiro atoms. The van der Waals surface area contributed by atoms with Crippen LogP contribution in [0.15, 0.2) is 36.5 Å². The van der Waals surface area contributed by atoms with Gasteiger partial charge in [-0.25, -0.2) is 0 Å². The zero-order chi connectivity index (χ0) is 13.2. The van der Waals surface area contributed by atoms with E-state index in [0.29, 0.717) is 0 Å². The number of nitrogens with zero attached hydrogens (tertiary/aromatic N) is 1. The van der Waals surface area contributed by atoms with Crippen LogP contribution in [0.25, 0.3) is 0 Å². The number of aromatic nitrogens is 1. The summed E-state index contributed by atoms with van der Waals surface area (Å²) in [6, 6.07) is 10.0. The van der Waals surface area contributed by atoms with Crippen molar-refractivity contribution in [1.82, 2.24) is 4.98 Å². The van der Waals surface area contributed by atoms with E-state index in [4.69, 9.17) is 10.5 Å². The van der Waals surface area contributed by atoms with E-state index in [1.54, 1.807) is 6.20 Å². The van der Waals surface area contributed by atoms with Crippen molar-refractivity contribution < 1.29 is 4.74 Å². The van der Waals surface area contributed by atoms with Crippen LogP contribution in [0.1, 0.15) is 34.8 Å². The molecule has 0 aliphatic carbocycles. The number of hydrogen-bond acceptors (Lipinski definition) is 3. The average molecular weight is 254 g/mol. The summed E-state index contributed by atoms with van der Waals surface area (Å²) < 4.78 is 5.84. The second-order valence-electron chi connectivity index (χ2n) is 4.94. The predicted octanol–water partition coefficient (Wildman–Crippen LogP) is 2.76. The number of fused-ring (bicyclic) bond motifs is 1. The largest absolute Gasteiger partial charge is 0.493 e. The monoisotopic (exact) mass is 254 g/mol. The second-order valence-corrected chi connectivity index (χ2v) is 4.94. The number of aryl methyl sites for hydroxylation is 2. The van der Waals surface area contributed by atoms with Gasteiger partial charge in [0.05, 0.1) is 12.6 Å². The van der Waals surface area contributed by atoms with Crippen LogP contribution in [0.2, 0.25) is 0 Å². The number of rotatable bonds is 2. The molecule has 19 heavy (non-hydrogen) atoms. The fraction of sp³-hybridized carbons (Fsp3) is 0.312. The summed E-state index contributed by atoms with van der Waals surface area (Å²) in [6.45, 7) is 2.77. The molecule has 1 aliphatic heterocycles.